The van der Waals surface area contributed by atoms with Crippen LogP contribution in [0.15, 0.2) is 11.8 Å². The van der Waals surface area contributed by atoms with E-state index in [1.54, 1.807) is 6.08 Å². The maximum Gasteiger partial charge on any atom is 0.157 e. The topological polar surface area (TPSA) is 29.1 Å². The fourth-order valence-electron chi connectivity index (χ4n) is 2.76. The zero-order valence-electron chi connectivity index (χ0n) is 9.59. The Morgan fingerprint density at radius 3 is 2.93 bits per heavy atom. The average molecular weight is 207 g/mol. The van der Waals surface area contributed by atoms with E-state index in [-0.39, 0.29) is 5.78 Å². The van der Waals surface area contributed by atoms with Gasteiger partial charge in [0.25, 0.3) is 0 Å². The zero-order chi connectivity index (χ0) is 10.7. The van der Waals surface area contributed by atoms with Crippen LogP contribution in [0.1, 0.15) is 45.4 Å². The highest BCUT2D eigenvalue weighted by molar-refractivity contribution is 5.92. The fraction of sp³-hybridized carbons (Fsp3) is 0.769. The Labute approximate surface area is 92.1 Å². The van der Waals surface area contributed by atoms with Crippen LogP contribution in [-0.2, 0) is 4.79 Å². The van der Waals surface area contributed by atoms with Gasteiger partial charge in [0.15, 0.2) is 5.78 Å². The molecule has 1 fully saturated rings. The molecule has 0 bridgehead atoms. The second kappa shape index (κ2) is 4.82. The molecule has 15 heavy (non-hydrogen) atoms. The summed E-state index contributed by atoms with van der Waals surface area (Å²) in [6.07, 6.45) is 8.92. The Hall–Kier alpha value is -0.790. The largest absolute Gasteiger partial charge is 0.388 e. The van der Waals surface area contributed by atoms with E-state index in [0.717, 1.165) is 24.8 Å². The molecule has 2 nitrogen and oxygen atoms in total. The van der Waals surface area contributed by atoms with Crippen LogP contribution in [0.25, 0.3) is 0 Å². The van der Waals surface area contributed by atoms with Crippen molar-refractivity contribution in [2.24, 2.45) is 11.8 Å². The van der Waals surface area contributed by atoms with E-state index in [0.29, 0.717) is 6.42 Å². The molecule has 0 aromatic heterocycles. The second-order valence-electron chi connectivity index (χ2n) is 5.15. The minimum Gasteiger partial charge on any atom is -0.388 e. The third-order valence-electron chi connectivity index (χ3n) is 3.64. The molecule has 2 unspecified atom stereocenters. The lowest BCUT2D eigenvalue weighted by Gasteiger charge is -2.27. The van der Waals surface area contributed by atoms with Crippen molar-refractivity contribution in [2.45, 2.75) is 45.4 Å². The monoisotopic (exact) mass is 207 g/mol. The molecule has 0 spiro atoms. The summed E-state index contributed by atoms with van der Waals surface area (Å²) >= 11 is 0. The van der Waals surface area contributed by atoms with Gasteiger partial charge in [-0.2, -0.15) is 0 Å². The molecule has 0 aromatic rings. The van der Waals surface area contributed by atoms with Crippen LogP contribution in [0.5, 0.6) is 0 Å². The summed E-state index contributed by atoms with van der Waals surface area (Å²) in [5.41, 5.74) is 1.17. The summed E-state index contributed by atoms with van der Waals surface area (Å²) in [6, 6.07) is 0. The minimum atomic E-state index is 0.287. The smallest absolute Gasteiger partial charge is 0.157 e. The maximum absolute atomic E-state index is 11.0. The number of rotatable bonds is 3. The highest BCUT2D eigenvalue weighted by atomic mass is 16.1. The number of ketones is 1. The third kappa shape index (κ3) is 3.08. The van der Waals surface area contributed by atoms with E-state index >= 15 is 0 Å². The summed E-state index contributed by atoms with van der Waals surface area (Å²) in [5.74, 6) is 2.00. The predicted molar refractivity (Wildman–Crippen MR) is 61.4 cm³/mol. The van der Waals surface area contributed by atoms with Crippen LogP contribution in [0.4, 0.5) is 0 Å². The first-order valence-electron chi connectivity index (χ1n) is 6.21. The van der Waals surface area contributed by atoms with E-state index in [4.69, 9.17) is 0 Å². The van der Waals surface area contributed by atoms with Gasteiger partial charge in [0.05, 0.1) is 0 Å². The molecule has 1 N–H and O–H groups in total. The van der Waals surface area contributed by atoms with Gasteiger partial charge in [-0.3, -0.25) is 4.79 Å². The number of nitrogens with one attached hydrogen (secondary N) is 1. The van der Waals surface area contributed by atoms with Gasteiger partial charge in [-0.1, -0.05) is 19.8 Å². The summed E-state index contributed by atoms with van der Waals surface area (Å²) in [7, 11) is 0. The standard InChI is InChI=1S/C13H21NO/c1-10-3-2-4-11(7-10)9-14-12-5-6-13(15)8-12/h8,10-11,14H,2-7,9H2,1H3. The second-order valence-corrected chi connectivity index (χ2v) is 5.15. The lowest BCUT2D eigenvalue weighted by atomic mass is 9.82. The predicted octanol–water partition coefficient (Wildman–Crippen LogP) is 2.65. The van der Waals surface area contributed by atoms with Crippen molar-refractivity contribution in [3.05, 3.63) is 11.8 Å². The molecule has 2 heteroatoms. The van der Waals surface area contributed by atoms with Crippen molar-refractivity contribution in [1.29, 1.82) is 0 Å². The summed E-state index contributed by atoms with van der Waals surface area (Å²) < 4.78 is 0. The molecular weight excluding hydrogens is 186 g/mol. The lowest BCUT2D eigenvalue weighted by molar-refractivity contribution is -0.114. The molecule has 0 radical (unpaired) electrons. The molecule has 2 rings (SSSR count). The highest BCUT2D eigenvalue weighted by Gasteiger charge is 2.19. The van der Waals surface area contributed by atoms with Crippen LogP contribution >= 0.6 is 0 Å². The first kappa shape index (κ1) is 10.7. The van der Waals surface area contributed by atoms with Crippen LogP contribution in [-0.4, -0.2) is 12.3 Å². The number of hydrogen-bond donors (Lipinski definition) is 1. The zero-order valence-corrected chi connectivity index (χ0v) is 9.59. The van der Waals surface area contributed by atoms with Gasteiger partial charge in [0.1, 0.15) is 0 Å². The molecule has 2 aliphatic carbocycles. The maximum atomic E-state index is 11.0. The summed E-state index contributed by atoms with van der Waals surface area (Å²) in [4.78, 5) is 11.0. The van der Waals surface area contributed by atoms with E-state index in [1.165, 1.54) is 31.4 Å². The van der Waals surface area contributed by atoms with Gasteiger partial charge in [0, 0.05) is 24.7 Å². The normalized spacial score (nSPS) is 31.5. The van der Waals surface area contributed by atoms with Gasteiger partial charge >= 0.3 is 0 Å². The van der Waals surface area contributed by atoms with Gasteiger partial charge in [-0.15, -0.1) is 0 Å². The quantitative estimate of drug-likeness (QED) is 0.771. The molecule has 0 heterocycles. The molecule has 0 amide bonds. The first-order valence-corrected chi connectivity index (χ1v) is 6.21. The third-order valence-corrected chi connectivity index (χ3v) is 3.64. The van der Waals surface area contributed by atoms with Gasteiger partial charge in [-0.25, -0.2) is 0 Å². The van der Waals surface area contributed by atoms with Crippen molar-refractivity contribution < 1.29 is 4.79 Å². The van der Waals surface area contributed by atoms with Crippen LogP contribution < -0.4 is 5.32 Å². The van der Waals surface area contributed by atoms with Crippen LogP contribution in [0.2, 0.25) is 0 Å². The number of carbonyl (C=O) groups is 1. The first-order chi connectivity index (χ1) is 7.24. The molecule has 0 aromatic carbocycles. The van der Waals surface area contributed by atoms with Crippen molar-refractivity contribution >= 4 is 5.78 Å². The van der Waals surface area contributed by atoms with Gasteiger partial charge < -0.3 is 5.32 Å². The number of carbonyl (C=O) groups excluding carboxylic acids is 1. The Kier molecular flexibility index (Phi) is 3.45. The number of hydrogen-bond acceptors (Lipinski definition) is 2. The molecule has 0 aliphatic heterocycles. The van der Waals surface area contributed by atoms with E-state index in [1.807, 2.05) is 0 Å². The van der Waals surface area contributed by atoms with E-state index in [9.17, 15) is 4.79 Å². The lowest BCUT2D eigenvalue weighted by Crippen LogP contribution is -2.25. The van der Waals surface area contributed by atoms with Crippen molar-refractivity contribution in [1.82, 2.24) is 5.32 Å². The molecule has 2 atom stereocenters. The highest BCUT2D eigenvalue weighted by Crippen LogP contribution is 2.28. The number of allylic oxidation sites excluding steroid dienone is 2. The summed E-state index contributed by atoms with van der Waals surface area (Å²) in [5, 5.41) is 3.44. The molecule has 84 valence electrons. The fourth-order valence-corrected chi connectivity index (χ4v) is 2.76. The Bertz CT molecular complexity index is 270. The van der Waals surface area contributed by atoms with E-state index in [2.05, 4.69) is 12.2 Å². The minimum absolute atomic E-state index is 0.287. The Balaban J connectivity index is 1.73. The van der Waals surface area contributed by atoms with Gasteiger partial charge in [0.2, 0.25) is 0 Å². The molecule has 0 saturated heterocycles. The van der Waals surface area contributed by atoms with E-state index < -0.39 is 0 Å². The molecule has 2 aliphatic rings. The SMILES string of the molecule is CC1CCCC(CNC2=CC(=O)CC2)C1. The Morgan fingerprint density at radius 2 is 2.27 bits per heavy atom. The Morgan fingerprint density at radius 1 is 1.40 bits per heavy atom. The van der Waals surface area contributed by atoms with Crippen molar-refractivity contribution in [3.8, 4) is 0 Å². The molecular formula is C13H21NO. The van der Waals surface area contributed by atoms with Crippen LogP contribution in [0, 0.1) is 11.8 Å². The van der Waals surface area contributed by atoms with Crippen LogP contribution in [0.3, 0.4) is 0 Å². The van der Waals surface area contributed by atoms with Gasteiger partial charge in [-0.05, 0) is 31.1 Å². The average Bonchev–Trinajstić information content (AvgIpc) is 2.62. The summed E-state index contributed by atoms with van der Waals surface area (Å²) in [6.45, 7) is 3.42. The van der Waals surface area contributed by atoms with Crippen molar-refractivity contribution in [2.75, 3.05) is 6.54 Å². The van der Waals surface area contributed by atoms with Crippen molar-refractivity contribution in [3.63, 3.8) is 0 Å². The molecule has 1 saturated carbocycles.